The monoisotopic (exact) mass is 326 g/mol. The molecule has 3 rings (SSSR count). The van der Waals surface area contributed by atoms with Crippen molar-refractivity contribution in [2.75, 3.05) is 0 Å². The summed E-state index contributed by atoms with van der Waals surface area (Å²) in [5.74, 6) is 0.178. The number of hydrogen-bond acceptors (Lipinski definition) is 3. The minimum absolute atomic E-state index is 0.169. The van der Waals surface area contributed by atoms with Crippen LogP contribution in [0.3, 0.4) is 0 Å². The first-order valence-corrected chi connectivity index (χ1v) is 7.44. The largest absolute Gasteiger partial charge is 0.367 e. The minimum atomic E-state index is -0.322. The molecule has 0 amide bonds. The molecule has 0 saturated carbocycles. The fourth-order valence-corrected chi connectivity index (χ4v) is 3.03. The Bertz CT molecular complexity index is 640. The number of benzene rings is 1. The Morgan fingerprint density at radius 3 is 2.24 bits per heavy atom. The normalized spacial score (nSPS) is 21.7. The van der Waals surface area contributed by atoms with Crippen LogP contribution in [0.5, 0.6) is 0 Å². The number of rotatable bonds is 2. The molecule has 2 unspecified atom stereocenters. The van der Waals surface area contributed by atoms with Crippen LogP contribution in [-0.4, -0.2) is 16.1 Å². The molecule has 2 atom stereocenters. The smallest absolute Gasteiger partial charge is 0.160 e. The van der Waals surface area contributed by atoms with Crippen LogP contribution in [0, 0.1) is 5.82 Å². The summed E-state index contributed by atoms with van der Waals surface area (Å²) >= 11 is 12.5. The van der Waals surface area contributed by atoms with Gasteiger partial charge in [-0.15, -0.1) is 0 Å². The summed E-state index contributed by atoms with van der Waals surface area (Å²) in [4.78, 5) is 8.60. The molecule has 0 radical (unpaired) electrons. The van der Waals surface area contributed by atoms with Gasteiger partial charge in [-0.05, 0) is 37.5 Å². The summed E-state index contributed by atoms with van der Waals surface area (Å²) in [5, 5.41) is 0.500. The average molecular weight is 327 g/mol. The van der Waals surface area contributed by atoms with E-state index in [1.165, 1.54) is 12.1 Å². The van der Waals surface area contributed by atoms with Gasteiger partial charge in [0, 0.05) is 0 Å². The van der Waals surface area contributed by atoms with Crippen molar-refractivity contribution >= 4 is 23.2 Å². The van der Waals surface area contributed by atoms with E-state index in [2.05, 4.69) is 9.97 Å². The fraction of sp³-hybridized carbons (Fsp3) is 0.333. The SMILES string of the molecule is CC1CCC(c2nc(Cl)c(-c3ccc(F)cc3)c(Cl)n2)O1. The molecule has 0 spiro atoms. The second kappa shape index (κ2) is 5.87. The molecule has 1 aliphatic rings. The maximum absolute atomic E-state index is 13.0. The molecule has 2 heterocycles. The van der Waals surface area contributed by atoms with Gasteiger partial charge in [-0.3, -0.25) is 0 Å². The number of aromatic nitrogens is 2. The van der Waals surface area contributed by atoms with Gasteiger partial charge < -0.3 is 4.74 Å². The predicted octanol–water partition coefficient (Wildman–Crippen LogP) is 4.83. The van der Waals surface area contributed by atoms with E-state index in [-0.39, 0.29) is 28.3 Å². The quantitative estimate of drug-likeness (QED) is 0.741. The van der Waals surface area contributed by atoms with Gasteiger partial charge in [0.2, 0.25) is 0 Å². The lowest BCUT2D eigenvalue weighted by Gasteiger charge is -2.13. The highest BCUT2D eigenvalue weighted by molar-refractivity contribution is 6.37. The van der Waals surface area contributed by atoms with E-state index >= 15 is 0 Å². The summed E-state index contributed by atoms with van der Waals surface area (Å²) in [6, 6.07) is 5.88. The average Bonchev–Trinajstić information content (AvgIpc) is 2.87. The van der Waals surface area contributed by atoms with Crippen LogP contribution in [0.1, 0.15) is 31.7 Å². The first kappa shape index (κ1) is 14.7. The van der Waals surface area contributed by atoms with Crippen molar-refractivity contribution in [3.05, 3.63) is 46.2 Å². The zero-order chi connectivity index (χ0) is 15.0. The first-order chi connectivity index (χ1) is 10.0. The standard InChI is InChI=1S/C15H13Cl2FN2O/c1-8-2-7-11(21-8)15-19-13(16)12(14(17)20-15)9-3-5-10(18)6-4-9/h3-6,8,11H,2,7H2,1H3. The van der Waals surface area contributed by atoms with Gasteiger partial charge in [-0.2, -0.15) is 0 Å². The lowest BCUT2D eigenvalue weighted by Crippen LogP contribution is -2.06. The van der Waals surface area contributed by atoms with Crippen LogP contribution < -0.4 is 0 Å². The number of nitrogens with zero attached hydrogens (tertiary/aromatic N) is 2. The lowest BCUT2D eigenvalue weighted by molar-refractivity contribution is 0.0503. The Labute approximate surface area is 132 Å². The second-order valence-electron chi connectivity index (χ2n) is 5.06. The van der Waals surface area contributed by atoms with Crippen LogP contribution in [0.2, 0.25) is 10.3 Å². The highest BCUT2D eigenvalue weighted by Crippen LogP contribution is 2.36. The molecule has 21 heavy (non-hydrogen) atoms. The van der Waals surface area contributed by atoms with Gasteiger partial charge in [0.25, 0.3) is 0 Å². The number of ether oxygens (including phenoxy) is 1. The summed E-state index contributed by atoms with van der Waals surface area (Å²) in [6.07, 6.45) is 1.83. The maximum Gasteiger partial charge on any atom is 0.160 e. The lowest BCUT2D eigenvalue weighted by atomic mass is 10.1. The molecule has 3 nitrogen and oxygen atoms in total. The Hall–Kier alpha value is -1.23. The van der Waals surface area contributed by atoms with Gasteiger partial charge >= 0.3 is 0 Å². The summed E-state index contributed by atoms with van der Waals surface area (Å²) in [7, 11) is 0. The molecule has 0 bridgehead atoms. The van der Waals surface area contributed by atoms with Gasteiger partial charge in [0.15, 0.2) is 5.82 Å². The Kier molecular flexibility index (Phi) is 4.11. The van der Waals surface area contributed by atoms with E-state index in [0.717, 1.165) is 12.8 Å². The van der Waals surface area contributed by atoms with E-state index in [4.69, 9.17) is 27.9 Å². The van der Waals surface area contributed by atoms with Crippen molar-refractivity contribution in [2.24, 2.45) is 0 Å². The number of hydrogen-bond donors (Lipinski definition) is 0. The third-order valence-corrected chi connectivity index (χ3v) is 4.04. The summed E-state index contributed by atoms with van der Waals surface area (Å²) in [6.45, 7) is 2.01. The molecule has 110 valence electrons. The number of halogens is 3. The zero-order valence-electron chi connectivity index (χ0n) is 11.3. The van der Waals surface area contributed by atoms with Crippen LogP contribution >= 0.6 is 23.2 Å². The summed E-state index contributed by atoms with van der Waals surface area (Å²) < 4.78 is 18.7. The van der Waals surface area contributed by atoms with Crippen molar-refractivity contribution in [3.63, 3.8) is 0 Å². The Morgan fingerprint density at radius 2 is 1.71 bits per heavy atom. The van der Waals surface area contributed by atoms with E-state index < -0.39 is 0 Å². The molecule has 1 aromatic carbocycles. The van der Waals surface area contributed by atoms with E-state index in [1.807, 2.05) is 6.92 Å². The highest BCUT2D eigenvalue weighted by atomic mass is 35.5. The summed E-state index contributed by atoms with van der Waals surface area (Å²) in [5.41, 5.74) is 1.19. The van der Waals surface area contributed by atoms with Gasteiger partial charge in [0.1, 0.15) is 22.2 Å². The van der Waals surface area contributed by atoms with Crippen molar-refractivity contribution in [1.29, 1.82) is 0 Å². The second-order valence-corrected chi connectivity index (χ2v) is 5.77. The van der Waals surface area contributed by atoms with Crippen LogP contribution in [0.15, 0.2) is 24.3 Å². The maximum atomic E-state index is 13.0. The zero-order valence-corrected chi connectivity index (χ0v) is 12.8. The van der Waals surface area contributed by atoms with Crippen molar-refractivity contribution in [3.8, 4) is 11.1 Å². The topological polar surface area (TPSA) is 35.0 Å². The van der Waals surface area contributed by atoms with Crippen LogP contribution in [0.4, 0.5) is 4.39 Å². The molecule has 0 N–H and O–H groups in total. The van der Waals surface area contributed by atoms with Gasteiger partial charge in [-0.25, -0.2) is 14.4 Å². The molecular formula is C15H13Cl2FN2O. The predicted molar refractivity (Wildman–Crippen MR) is 80.0 cm³/mol. The first-order valence-electron chi connectivity index (χ1n) is 6.69. The molecule has 2 aromatic rings. The van der Waals surface area contributed by atoms with Crippen LogP contribution in [-0.2, 0) is 4.74 Å². The van der Waals surface area contributed by atoms with Crippen LogP contribution in [0.25, 0.3) is 11.1 Å². The highest BCUT2D eigenvalue weighted by Gasteiger charge is 2.27. The van der Waals surface area contributed by atoms with E-state index in [0.29, 0.717) is 17.0 Å². The Morgan fingerprint density at radius 1 is 1.10 bits per heavy atom. The third-order valence-electron chi connectivity index (χ3n) is 3.49. The van der Waals surface area contributed by atoms with Gasteiger partial charge in [-0.1, -0.05) is 35.3 Å². The van der Waals surface area contributed by atoms with E-state index in [1.54, 1.807) is 12.1 Å². The third kappa shape index (κ3) is 3.03. The molecule has 1 aliphatic heterocycles. The van der Waals surface area contributed by atoms with Gasteiger partial charge in [0.05, 0.1) is 11.7 Å². The van der Waals surface area contributed by atoms with E-state index in [9.17, 15) is 4.39 Å². The fourth-order valence-electron chi connectivity index (χ4n) is 2.41. The molecule has 6 heteroatoms. The molecule has 1 fully saturated rings. The minimum Gasteiger partial charge on any atom is -0.367 e. The molecule has 1 aromatic heterocycles. The molecular weight excluding hydrogens is 314 g/mol. The van der Waals surface area contributed by atoms with Crippen molar-refractivity contribution < 1.29 is 9.13 Å². The molecule has 1 saturated heterocycles. The Balaban J connectivity index is 1.98. The van der Waals surface area contributed by atoms with Crippen molar-refractivity contribution in [1.82, 2.24) is 9.97 Å². The van der Waals surface area contributed by atoms with Crippen molar-refractivity contribution in [2.45, 2.75) is 32.0 Å². The molecule has 0 aliphatic carbocycles.